The Morgan fingerprint density at radius 3 is 2.73 bits per heavy atom. The van der Waals surface area contributed by atoms with Gasteiger partial charge in [-0.05, 0) is 31.6 Å². The summed E-state index contributed by atoms with van der Waals surface area (Å²) in [5, 5.41) is 14.0. The molecule has 1 fully saturated rings. The van der Waals surface area contributed by atoms with Gasteiger partial charge >= 0.3 is 5.97 Å². The normalized spacial score (nSPS) is 23.8. The first-order valence-corrected chi connectivity index (χ1v) is 8.08. The molecule has 6 nitrogen and oxygen atoms in total. The number of nitrogens with one attached hydrogen (secondary N) is 2. The van der Waals surface area contributed by atoms with Crippen molar-refractivity contribution in [2.24, 2.45) is 11.8 Å². The van der Waals surface area contributed by atoms with E-state index in [1.807, 2.05) is 18.0 Å². The molecule has 0 aromatic heterocycles. The highest BCUT2D eigenvalue weighted by Gasteiger charge is 2.35. The molecule has 2 unspecified atom stereocenters. The number of nitrogens with zero attached hydrogens (tertiary/aromatic N) is 1. The van der Waals surface area contributed by atoms with E-state index in [9.17, 15) is 14.7 Å². The molecule has 1 aliphatic heterocycles. The number of carboxylic acids is 1. The summed E-state index contributed by atoms with van der Waals surface area (Å²) in [6.07, 6.45) is 6.60. The van der Waals surface area contributed by atoms with Crippen LogP contribution in [0.15, 0.2) is 12.2 Å². The molecule has 3 atom stereocenters. The van der Waals surface area contributed by atoms with Crippen molar-refractivity contribution in [3.05, 3.63) is 12.2 Å². The van der Waals surface area contributed by atoms with Crippen LogP contribution in [-0.2, 0) is 9.59 Å². The molecule has 1 saturated heterocycles. The van der Waals surface area contributed by atoms with Crippen molar-refractivity contribution >= 4 is 11.9 Å². The van der Waals surface area contributed by atoms with Crippen LogP contribution in [0.1, 0.15) is 40.0 Å². The minimum Gasteiger partial charge on any atom is -0.480 e. The molecule has 0 bridgehead atoms. The number of hydrogen-bond donors (Lipinski definition) is 3. The van der Waals surface area contributed by atoms with Gasteiger partial charge in [0, 0.05) is 26.6 Å². The first kappa shape index (κ1) is 18.6. The Hall–Kier alpha value is -1.40. The third-order valence-electron chi connectivity index (χ3n) is 4.17. The van der Waals surface area contributed by atoms with Crippen molar-refractivity contribution in [3.8, 4) is 0 Å². The number of carbonyl (C=O) groups is 2. The number of allylic oxidation sites excluding steroid dienone is 1. The number of amides is 1. The van der Waals surface area contributed by atoms with Crippen LogP contribution in [0.2, 0.25) is 0 Å². The summed E-state index contributed by atoms with van der Waals surface area (Å²) in [6.45, 7) is 7.72. The minimum absolute atomic E-state index is 0.0116. The van der Waals surface area contributed by atoms with Gasteiger partial charge in [-0.2, -0.15) is 0 Å². The van der Waals surface area contributed by atoms with E-state index in [0.717, 1.165) is 25.9 Å². The lowest BCUT2D eigenvalue weighted by atomic mass is 10.0. The summed E-state index contributed by atoms with van der Waals surface area (Å²) < 4.78 is 0. The van der Waals surface area contributed by atoms with Gasteiger partial charge in [-0.25, -0.2) is 5.01 Å². The molecule has 0 saturated carbocycles. The predicted octanol–water partition coefficient (Wildman–Crippen LogP) is 1.39. The molecule has 1 amide bonds. The Kier molecular flexibility index (Phi) is 8.12. The third kappa shape index (κ3) is 6.15. The van der Waals surface area contributed by atoms with Crippen LogP contribution in [0.5, 0.6) is 0 Å². The van der Waals surface area contributed by atoms with Crippen molar-refractivity contribution in [2.45, 2.75) is 46.1 Å². The second-order valence-electron chi connectivity index (χ2n) is 5.94. The lowest BCUT2D eigenvalue weighted by molar-refractivity contribution is -0.143. The molecule has 0 aromatic carbocycles. The third-order valence-corrected chi connectivity index (χ3v) is 4.17. The van der Waals surface area contributed by atoms with Crippen LogP contribution in [0.4, 0.5) is 0 Å². The van der Waals surface area contributed by atoms with E-state index in [-0.39, 0.29) is 11.8 Å². The van der Waals surface area contributed by atoms with E-state index in [1.165, 1.54) is 6.92 Å². The molecule has 0 radical (unpaired) electrons. The second kappa shape index (κ2) is 9.58. The summed E-state index contributed by atoms with van der Waals surface area (Å²) in [6, 6.07) is -0.464. The number of hydrogen-bond acceptors (Lipinski definition) is 4. The van der Waals surface area contributed by atoms with Gasteiger partial charge in [-0.15, -0.1) is 0 Å². The predicted molar refractivity (Wildman–Crippen MR) is 86.1 cm³/mol. The van der Waals surface area contributed by atoms with Gasteiger partial charge < -0.3 is 10.4 Å². The molecule has 126 valence electrons. The number of carboxylic acid groups (broad SMARTS) is 1. The van der Waals surface area contributed by atoms with E-state index in [2.05, 4.69) is 23.7 Å². The van der Waals surface area contributed by atoms with Crippen LogP contribution in [-0.4, -0.2) is 47.7 Å². The molecular formula is C16H29N3O3. The Morgan fingerprint density at radius 1 is 1.45 bits per heavy atom. The highest BCUT2D eigenvalue weighted by Crippen LogP contribution is 2.23. The Bertz CT molecular complexity index is 398. The summed E-state index contributed by atoms with van der Waals surface area (Å²) in [5.74, 6) is -0.0755. The Morgan fingerprint density at radius 2 is 2.18 bits per heavy atom. The van der Waals surface area contributed by atoms with E-state index < -0.39 is 12.0 Å². The molecule has 3 N–H and O–H groups in total. The van der Waals surface area contributed by atoms with Crippen molar-refractivity contribution in [1.29, 1.82) is 0 Å². The molecule has 1 heterocycles. The fraction of sp³-hybridized carbons (Fsp3) is 0.750. The first-order chi connectivity index (χ1) is 10.5. The Balaban J connectivity index is 2.45. The highest BCUT2D eigenvalue weighted by atomic mass is 16.4. The highest BCUT2D eigenvalue weighted by molar-refractivity contribution is 5.74. The first-order valence-electron chi connectivity index (χ1n) is 8.08. The standard InChI is InChI=1S/C16H29N3O3/c1-4-6-14-9-15(16(21)22)19(11-14)18-10-13(5-2)7-8-17-12(3)20/h4,6,13-15,18H,5,7-11H2,1-3H3,(H,17,20)(H,21,22)/t13-,14?,15?/m1/s1. The van der Waals surface area contributed by atoms with Gasteiger partial charge in [-0.3, -0.25) is 15.0 Å². The maximum absolute atomic E-state index is 11.4. The quantitative estimate of drug-likeness (QED) is 0.561. The van der Waals surface area contributed by atoms with Crippen molar-refractivity contribution in [3.63, 3.8) is 0 Å². The van der Waals surface area contributed by atoms with Gasteiger partial charge in [0.15, 0.2) is 0 Å². The van der Waals surface area contributed by atoms with Crippen molar-refractivity contribution in [1.82, 2.24) is 15.8 Å². The minimum atomic E-state index is -0.772. The van der Waals surface area contributed by atoms with Crippen LogP contribution in [0.25, 0.3) is 0 Å². The lowest BCUT2D eigenvalue weighted by Gasteiger charge is -2.25. The molecule has 22 heavy (non-hydrogen) atoms. The summed E-state index contributed by atoms with van der Waals surface area (Å²) in [5.41, 5.74) is 3.30. The number of rotatable bonds is 9. The lowest BCUT2D eigenvalue weighted by Crippen LogP contribution is -2.47. The molecule has 0 spiro atoms. The average Bonchev–Trinajstić information content (AvgIpc) is 2.86. The number of hydrazine groups is 1. The topological polar surface area (TPSA) is 81.7 Å². The van der Waals surface area contributed by atoms with E-state index in [1.54, 1.807) is 0 Å². The summed E-state index contributed by atoms with van der Waals surface area (Å²) >= 11 is 0. The van der Waals surface area contributed by atoms with Gasteiger partial charge in [0.25, 0.3) is 0 Å². The number of carbonyl (C=O) groups excluding carboxylic acids is 1. The fourth-order valence-electron chi connectivity index (χ4n) is 2.84. The van der Waals surface area contributed by atoms with E-state index >= 15 is 0 Å². The van der Waals surface area contributed by atoms with Gasteiger partial charge in [-0.1, -0.05) is 25.5 Å². The smallest absolute Gasteiger partial charge is 0.322 e. The van der Waals surface area contributed by atoms with Crippen molar-refractivity contribution in [2.75, 3.05) is 19.6 Å². The monoisotopic (exact) mass is 311 g/mol. The molecule has 1 aliphatic rings. The molecule has 6 heteroatoms. The van der Waals surface area contributed by atoms with Crippen LogP contribution < -0.4 is 10.7 Å². The zero-order valence-corrected chi connectivity index (χ0v) is 13.8. The van der Waals surface area contributed by atoms with Gasteiger partial charge in [0.05, 0.1) is 0 Å². The molecule has 0 aliphatic carbocycles. The van der Waals surface area contributed by atoms with E-state index in [0.29, 0.717) is 18.9 Å². The maximum Gasteiger partial charge on any atom is 0.322 e. The average molecular weight is 311 g/mol. The summed E-state index contributed by atoms with van der Waals surface area (Å²) in [7, 11) is 0. The van der Waals surface area contributed by atoms with Crippen LogP contribution in [0, 0.1) is 11.8 Å². The fourth-order valence-corrected chi connectivity index (χ4v) is 2.84. The largest absolute Gasteiger partial charge is 0.480 e. The van der Waals surface area contributed by atoms with Crippen molar-refractivity contribution < 1.29 is 14.7 Å². The van der Waals surface area contributed by atoms with Crippen LogP contribution >= 0.6 is 0 Å². The summed E-state index contributed by atoms with van der Waals surface area (Å²) in [4.78, 5) is 22.3. The van der Waals surface area contributed by atoms with E-state index in [4.69, 9.17) is 0 Å². The van der Waals surface area contributed by atoms with Crippen LogP contribution in [0.3, 0.4) is 0 Å². The molecule has 0 aromatic rings. The SMILES string of the molecule is CC=CC1CC(C(=O)O)N(NC[C@H](CC)CCNC(C)=O)C1. The zero-order valence-electron chi connectivity index (χ0n) is 13.8. The molecule has 1 rings (SSSR count). The van der Waals surface area contributed by atoms with Gasteiger partial charge in [0.1, 0.15) is 6.04 Å². The maximum atomic E-state index is 11.4. The second-order valence-corrected chi connectivity index (χ2v) is 5.94. The Labute approximate surface area is 132 Å². The number of aliphatic carboxylic acids is 1. The molecular weight excluding hydrogens is 282 g/mol. The zero-order chi connectivity index (χ0) is 16.5. The van der Waals surface area contributed by atoms with Gasteiger partial charge in [0.2, 0.25) is 5.91 Å².